The van der Waals surface area contributed by atoms with Gasteiger partial charge >= 0.3 is 0 Å². The van der Waals surface area contributed by atoms with Crippen LogP contribution in [0.4, 0.5) is 0 Å². The van der Waals surface area contributed by atoms with Gasteiger partial charge in [-0.2, -0.15) is 0 Å². The summed E-state index contributed by atoms with van der Waals surface area (Å²) in [6.45, 7) is 2.12. The minimum absolute atomic E-state index is 0.0850. The van der Waals surface area contributed by atoms with Crippen molar-refractivity contribution in [3.8, 4) is 0 Å². The Morgan fingerprint density at radius 1 is 1.53 bits per heavy atom. The first-order chi connectivity index (χ1) is 7.24. The average Bonchev–Trinajstić information content (AvgIpc) is 3.00. The maximum absolute atomic E-state index is 11.7. The minimum atomic E-state index is -0.251. The molecule has 0 bridgehead atoms. The van der Waals surface area contributed by atoms with Crippen molar-refractivity contribution in [1.82, 2.24) is 10.6 Å². The molecule has 1 saturated carbocycles. The van der Waals surface area contributed by atoms with Crippen molar-refractivity contribution >= 4 is 5.91 Å². The fraction of sp³-hybridized carbons (Fsp3) is 0.909. The predicted octanol–water partition coefficient (Wildman–Crippen LogP) is 0.0172. The maximum atomic E-state index is 11.7. The lowest BCUT2D eigenvalue weighted by Gasteiger charge is -2.23. The van der Waals surface area contributed by atoms with Gasteiger partial charge in [0, 0.05) is 6.42 Å². The number of carbonyl (C=O) groups excluding carboxylic acids is 1. The number of piperidine rings is 1. The Morgan fingerprint density at radius 2 is 2.33 bits per heavy atom. The van der Waals surface area contributed by atoms with Crippen LogP contribution < -0.4 is 10.6 Å². The van der Waals surface area contributed by atoms with Crippen molar-refractivity contribution in [3.63, 3.8) is 0 Å². The zero-order valence-corrected chi connectivity index (χ0v) is 9.09. The Balaban J connectivity index is 1.72. The van der Waals surface area contributed by atoms with Crippen LogP contribution in [0, 0.1) is 5.92 Å². The molecule has 1 aliphatic heterocycles. The summed E-state index contributed by atoms with van der Waals surface area (Å²) in [4.78, 5) is 11.7. The summed E-state index contributed by atoms with van der Waals surface area (Å²) in [6.07, 6.45) is 4.78. The lowest BCUT2D eigenvalue weighted by Crippen LogP contribution is -2.41. The fourth-order valence-electron chi connectivity index (χ4n) is 2.18. The molecule has 15 heavy (non-hydrogen) atoms. The SMILES string of the molecule is O=C(CC1CCCNC1)NC1(CO)CC1. The standard InChI is InChI=1S/C11H20N2O2/c14-8-11(3-4-11)13-10(15)6-9-2-1-5-12-7-9/h9,12,14H,1-8H2,(H,13,15). The lowest BCUT2D eigenvalue weighted by atomic mass is 9.96. The Labute approximate surface area is 90.4 Å². The van der Waals surface area contributed by atoms with E-state index in [1.165, 1.54) is 6.42 Å². The molecule has 2 aliphatic rings. The number of amides is 1. The van der Waals surface area contributed by atoms with Gasteiger partial charge in [-0.3, -0.25) is 4.79 Å². The Bertz CT molecular complexity index is 233. The molecule has 1 atom stereocenters. The van der Waals surface area contributed by atoms with Crippen molar-refractivity contribution in [2.75, 3.05) is 19.7 Å². The fourth-order valence-corrected chi connectivity index (χ4v) is 2.18. The number of rotatable bonds is 4. The molecule has 0 spiro atoms. The van der Waals surface area contributed by atoms with Gasteiger partial charge in [0.25, 0.3) is 0 Å². The highest BCUT2D eigenvalue weighted by Gasteiger charge is 2.43. The van der Waals surface area contributed by atoms with Crippen LogP contribution in [-0.2, 0) is 4.79 Å². The van der Waals surface area contributed by atoms with E-state index in [0.717, 1.165) is 32.4 Å². The molecule has 4 heteroatoms. The Morgan fingerprint density at radius 3 is 2.87 bits per heavy atom. The van der Waals surface area contributed by atoms with Gasteiger partial charge in [-0.25, -0.2) is 0 Å². The Hall–Kier alpha value is -0.610. The third kappa shape index (κ3) is 2.92. The van der Waals surface area contributed by atoms with Gasteiger partial charge in [0.05, 0.1) is 12.1 Å². The molecular weight excluding hydrogens is 192 g/mol. The monoisotopic (exact) mass is 212 g/mol. The molecule has 4 nitrogen and oxygen atoms in total. The van der Waals surface area contributed by atoms with Crippen LogP contribution in [0.25, 0.3) is 0 Å². The van der Waals surface area contributed by atoms with Crippen LogP contribution in [0.3, 0.4) is 0 Å². The van der Waals surface area contributed by atoms with Crippen molar-refractivity contribution < 1.29 is 9.90 Å². The van der Waals surface area contributed by atoms with Crippen molar-refractivity contribution in [2.45, 2.75) is 37.6 Å². The van der Waals surface area contributed by atoms with Crippen LogP contribution in [0.15, 0.2) is 0 Å². The summed E-state index contributed by atoms with van der Waals surface area (Å²) in [7, 11) is 0. The summed E-state index contributed by atoms with van der Waals surface area (Å²) < 4.78 is 0. The van der Waals surface area contributed by atoms with E-state index in [1.807, 2.05) is 0 Å². The van der Waals surface area contributed by atoms with Crippen LogP contribution in [0.1, 0.15) is 32.1 Å². The second kappa shape index (κ2) is 4.49. The number of carbonyl (C=O) groups is 1. The maximum Gasteiger partial charge on any atom is 0.220 e. The summed E-state index contributed by atoms with van der Waals surface area (Å²) in [5.74, 6) is 0.587. The molecule has 0 aromatic rings. The summed E-state index contributed by atoms with van der Waals surface area (Å²) in [5.41, 5.74) is -0.251. The average molecular weight is 212 g/mol. The van der Waals surface area contributed by atoms with Gasteiger partial charge in [-0.15, -0.1) is 0 Å². The highest BCUT2D eigenvalue weighted by Crippen LogP contribution is 2.34. The smallest absolute Gasteiger partial charge is 0.220 e. The summed E-state index contributed by atoms with van der Waals surface area (Å²) in [6, 6.07) is 0. The quantitative estimate of drug-likeness (QED) is 0.615. The number of hydrogen-bond acceptors (Lipinski definition) is 3. The third-order valence-corrected chi connectivity index (χ3v) is 3.43. The van der Waals surface area contributed by atoms with Gasteiger partial charge in [0.2, 0.25) is 5.91 Å². The zero-order valence-electron chi connectivity index (χ0n) is 9.09. The second-order valence-corrected chi connectivity index (χ2v) is 4.90. The highest BCUT2D eigenvalue weighted by atomic mass is 16.3. The molecule has 3 N–H and O–H groups in total. The third-order valence-electron chi connectivity index (χ3n) is 3.43. The molecule has 1 aliphatic carbocycles. The predicted molar refractivity (Wildman–Crippen MR) is 57.4 cm³/mol. The summed E-state index contributed by atoms with van der Waals surface area (Å²) >= 11 is 0. The van der Waals surface area contributed by atoms with Gasteiger partial charge < -0.3 is 15.7 Å². The summed E-state index contributed by atoms with van der Waals surface area (Å²) in [5, 5.41) is 15.3. The molecule has 1 unspecified atom stereocenters. The topological polar surface area (TPSA) is 61.4 Å². The first kappa shape index (κ1) is 10.9. The van der Waals surface area contributed by atoms with E-state index in [0.29, 0.717) is 12.3 Å². The zero-order chi connectivity index (χ0) is 10.7. The van der Waals surface area contributed by atoms with E-state index >= 15 is 0 Å². The van der Waals surface area contributed by atoms with Crippen LogP contribution in [0.5, 0.6) is 0 Å². The van der Waals surface area contributed by atoms with Crippen molar-refractivity contribution in [2.24, 2.45) is 5.92 Å². The second-order valence-electron chi connectivity index (χ2n) is 4.90. The highest BCUT2D eigenvalue weighted by molar-refractivity contribution is 5.77. The first-order valence-electron chi connectivity index (χ1n) is 5.87. The molecular formula is C11H20N2O2. The van der Waals surface area contributed by atoms with Crippen LogP contribution in [-0.4, -0.2) is 36.2 Å². The molecule has 1 amide bonds. The van der Waals surface area contributed by atoms with Gasteiger partial charge in [0.15, 0.2) is 0 Å². The van der Waals surface area contributed by atoms with Crippen molar-refractivity contribution in [1.29, 1.82) is 0 Å². The van der Waals surface area contributed by atoms with Gasteiger partial charge in [-0.05, 0) is 44.7 Å². The van der Waals surface area contributed by atoms with Crippen molar-refractivity contribution in [3.05, 3.63) is 0 Å². The number of aliphatic hydroxyl groups excluding tert-OH is 1. The molecule has 1 heterocycles. The van der Waals surface area contributed by atoms with Crippen LogP contribution in [0.2, 0.25) is 0 Å². The van der Waals surface area contributed by atoms with Gasteiger partial charge in [0.1, 0.15) is 0 Å². The van der Waals surface area contributed by atoms with Crippen LogP contribution >= 0.6 is 0 Å². The number of nitrogens with one attached hydrogen (secondary N) is 2. The minimum Gasteiger partial charge on any atom is -0.394 e. The van der Waals surface area contributed by atoms with E-state index in [4.69, 9.17) is 5.11 Å². The Kier molecular flexibility index (Phi) is 3.26. The number of aliphatic hydroxyl groups is 1. The first-order valence-corrected chi connectivity index (χ1v) is 5.87. The van der Waals surface area contributed by atoms with E-state index in [9.17, 15) is 4.79 Å². The number of hydrogen-bond donors (Lipinski definition) is 3. The van der Waals surface area contributed by atoms with E-state index in [1.54, 1.807) is 0 Å². The lowest BCUT2D eigenvalue weighted by molar-refractivity contribution is -0.123. The normalized spacial score (nSPS) is 28.5. The van der Waals surface area contributed by atoms with Gasteiger partial charge in [-0.1, -0.05) is 0 Å². The van der Waals surface area contributed by atoms with E-state index < -0.39 is 0 Å². The molecule has 2 rings (SSSR count). The molecule has 0 aromatic carbocycles. The molecule has 86 valence electrons. The van der Waals surface area contributed by atoms with E-state index in [-0.39, 0.29) is 18.1 Å². The molecule has 1 saturated heterocycles. The largest absolute Gasteiger partial charge is 0.394 e. The molecule has 0 aromatic heterocycles. The molecule has 0 radical (unpaired) electrons. The molecule has 2 fully saturated rings. The van der Waals surface area contributed by atoms with E-state index in [2.05, 4.69) is 10.6 Å².